The highest BCUT2D eigenvalue weighted by atomic mass is 35.5. The predicted molar refractivity (Wildman–Crippen MR) is 112 cm³/mol. The molecule has 1 aliphatic rings. The van der Waals surface area contributed by atoms with E-state index in [9.17, 15) is 5.26 Å². The molecule has 0 aliphatic carbocycles. The summed E-state index contributed by atoms with van der Waals surface area (Å²) in [5.74, 6) is 0.773. The number of nitrogens with zero attached hydrogens (tertiary/aromatic N) is 5. The summed E-state index contributed by atoms with van der Waals surface area (Å²) in [5, 5.41) is 20.3. The summed E-state index contributed by atoms with van der Waals surface area (Å²) in [4.78, 5) is 3.30. The van der Waals surface area contributed by atoms with Gasteiger partial charge in [-0.2, -0.15) is 9.64 Å². The van der Waals surface area contributed by atoms with Crippen LogP contribution in [0.25, 0.3) is 22.3 Å². The van der Waals surface area contributed by atoms with E-state index in [1.54, 1.807) is 0 Å². The topological polar surface area (TPSA) is 92.4 Å². The van der Waals surface area contributed by atoms with Crippen LogP contribution < -0.4 is 0 Å². The molecule has 1 aromatic carbocycles. The van der Waals surface area contributed by atoms with Gasteiger partial charge in [-0.25, -0.2) is 0 Å². The minimum atomic E-state index is 0.120. The van der Waals surface area contributed by atoms with Crippen LogP contribution in [0.2, 0.25) is 5.15 Å². The summed E-state index contributed by atoms with van der Waals surface area (Å²) in [6, 6.07) is 10.2. The Morgan fingerprint density at radius 1 is 1.38 bits per heavy atom. The second-order valence-electron chi connectivity index (χ2n) is 6.65. The third-order valence-corrected chi connectivity index (χ3v) is 7.24. The minimum Gasteiger partial charge on any atom is -0.376 e. The van der Waals surface area contributed by atoms with Crippen LogP contribution in [0.4, 0.5) is 0 Å². The minimum absolute atomic E-state index is 0.120. The van der Waals surface area contributed by atoms with E-state index < -0.39 is 0 Å². The van der Waals surface area contributed by atoms with Crippen molar-refractivity contribution in [2.45, 2.75) is 34.9 Å². The lowest BCUT2D eigenvalue weighted by atomic mass is 10.1. The Bertz CT molecular complexity index is 1220. The van der Waals surface area contributed by atoms with Gasteiger partial charge in [0.1, 0.15) is 15.8 Å². The van der Waals surface area contributed by atoms with Crippen LogP contribution >= 0.6 is 34.9 Å². The summed E-state index contributed by atoms with van der Waals surface area (Å²) < 4.78 is 12.7. The van der Waals surface area contributed by atoms with E-state index in [2.05, 4.69) is 36.3 Å². The fourth-order valence-electron chi connectivity index (χ4n) is 3.48. The van der Waals surface area contributed by atoms with Gasteiger partial charge >= 0.3 is 0 Å². The van der Waals surface area contributed by atoms with E-state index in [-0.39, 0.29) is 11.3 Å². The quantitative estimate of drug-likeness (QED) is 0.480. The van der Waals surface area contributed by atoms with Gasteiger partial charge in [0.2, 0.25) is 0 Å². The number of nitrogens with one attached hydrogen (secondary N) is 1. The molecule has 4 heterocycles. The standard InChI is InChI=1S/C19H15ClN6OS2/c20-16-13(8-21)18(29-25-16)28-19-24-23-17(26(19)10-11-4-3-7-27-11)14-9-22-15-6-2-1-5-12(14)15/h1-2,5-6,9,11,22H,3-4,7,10H2. The first-order valence-corrected chi connectivity index (χ1v) is 11.1. The van der Waals surface area contributed by atoms with Crippen molar-refractivity contribution in [3.8, 4) is 17.5 Å². The highest BCUT2D eigenvalue weighted by molar-refractivity contribution is 8.01. The lowest BCUT2D eigenvalue weighted by molar-refractivity contribution is 0.0953. The van der Waals surface area contributed by atoms with E-state index in [1.165, 1.54) is 23.3 Å². The van der Waals surface area contributed by atoms with Crippen molar-refractivity contribution in [3.05, 3.63) is 41.2 Å². The molecule has 5 rings (SSSR count). The van der Waals surface area contributed by atoms with Gasteiger partial charge in [0, 0.05) is 29.3 Å². The van der Waals surface area contributed by atoms with Crippen LogP contribution in [0.5, 0.6) is 0 Å². The van der Waals surface area contributed by atoms with E-state index in [0.717, 1.165) is 41.7 Å². The zero-order valence-corrected chi connectivity index (χ0v) is 17.5. The van der Waals surface area contributed by atoms with Crippen LogP contribution in [-0.4, -0.2) is 36.8 Å². The number of aromatic nitrogens is 5. The van der Waals surface area contributed by atoms with Crippen molar-refractivity contribution in [1.82, 2.24) is 24.1 Å². The second kappa shape index (κ2) is 7.80. The summed E-state index contributed by atoms with van der Waals surface area (Å²) in [7, 11) is 0. The van der Waals surface area contributed by atoms with Gasteiger partial charge in [-0.1, -0.05) is 29.8 Å². The van der Waals surface area contributed by atoms with Gasteiger partial charge in [0.05, 0.1) is 12.6 Å². The number of H-pyrrole nitrogens is 1. The molecule has 7 nitrogen and oxygen atoms in total. The lowest BCUT2D eigenvalue weighted by Gasteiger charge is -2.14. The number of ether oxygens (including phenoxy) is 1. The SMILES string of the molecule is N#Cc1c(Cl)nsc1Sc1nnc(-c2c[nH]c3ccccc23)n1CC1CCCO1. The number of benzene rings is 1. The maximum Gasteiger partial charge on any atom is 0.197 e. The molecule has 29 heavy (non-hydrogen) atoms. The summed E-state index contributed by atoms with van der Waals surface area (Å²) in [6.07, 6.45) is 4.14. The number of nitriles is 1. The Labute approximate surface area is 179 Å². The Hall–Kier alpha value is -2.38. The third kappa shape index (κ3) is 3.42. The first-order valence-electron chi connectivity index (χ1n) is 9.09. The van der Waals surface area contributed by atoms with Crippen molar-refractivity contribution in [2.75, 3.05) is 6.61 Å². The molecule has 0 spiro atoms. The molecule has 0 radical (unpaired) electrons. The molecule has 1 N–H and O–H groups in total. The highest BCUT2D eigenvalue weighted by Crippen LogP contribution is 2.38. The third-order valence-electron chi connectivity index (χ3n) is 4.87. The zero-order valence-electron chi connectivity index (χ0n) is 15.1. The maximum atomic E-state index is 9.39. The molecule has 3 aromatic heterocycles. The average Bonchev–Trinajstić information content (AvgIpc) is 3.51. The maximum absolute atomic E-state index is 9.39. The van der Waals surface area contributed by atoms with Gasteiger partial charge in [-0.05, 0) is 42.2 Å². The fourth-order valence-corrected chi connectivity index (χ4v) is 5.57. The molecule has 1 atom stereocenters. The molecule has 4 aromatic rings. The van der Waals surface area contributed by atoms with Crippen molar-refractivity contribution >= 4 is 45.8 Å². The van der Waals surface area contributed by atoms with Crippen LogP contribution in [0.15, 0.2) is 39.8 Å². The smallest absolute Gasteiger partial charge is 0.197 e. The van der Waals surface area contributed by atoms with Crippen molar-refractivity contribution in [1.29, 1.82) is 5.26 Å². The molecule has 1 saturated heterocycles. The Kier molecular flexibility index (Phi) is 5.01. The second-order valence-corrected chi connectivity index (χ2v) is 9.02. The van der Waals surface area contributed by atoms with Crippen LogP contribution in [0.3, 0.4) is 0 Å². The molecule has 1 aliphatic heterocycles. The van der Waals surface area contributed by atoms with Gasteiger partial charge in [-0.3, -0.25) is 4.57 Å². The summed E-state index contributed by atoms with van der Waals surface area (Å²) >= 11 is 8.60. The number of rotatable bonds is 5. The lowest BCUT2D eigenvalue weighted by Crippen LogP contribution is -2.16. The molecule has 0 amide bonds. The number of halogens is 1. The predicted octanol–water partition coefficient (Wildman–Crippen LogP) is 4.74. The Morgan fingerprint density at radius 2 is 2.28 bits per heavy atom. The van der Waals surface area contributed by atoms with Gasteiger partial charge in [-0.15, -0.1) is 10.2 Å². The van der Waals surface area contributed by atoms with Crippen molar-refractivity contribution in [3.63, 3.8) is 0 Å². The normalized spacial score (nSPS) is 16.5. The van der Waals surface area contributed by atoms with Crippen LogP contribution in [0.1, 0.15) is 18.4 Å². The van der Waals surface area contributed by atoms with E-state index >= 15 is 0 Å². The number of hydrogen-bond acceptors (Lipinski definition) is 7. The zero-order chi connectivity index (χ0) is 19.8. The first-order chi connectivity index (χ1) is 14.2. The van der Waals surface area contributed by atoms with Crippen molar-refractivity contribution < 1.29 is 4.74 Å². The summed E-state index contributed by atoms with van der Waals surface area (Å²) in [6.45, 7) is 1.43. The molecule has 146 valence electrons. The molecular weight excluding hydrogens is 428 g/mol. The van der Waals surface area contributed by atoms with Crippen molar-refractivity contribution in [2.24, 2.45) is 0 Å². The molecular formula is C19H15ClN6OS2. The number of hydrogen-bond donors (Lipinski definition) is 1. The Balaban J connectivity index is 1.59. The fraction of sp³-hybridized carbons (Fsp3) is 0.263. The van der Waals surface area contributed by atoms with E-state index in [0.29, 0.717) is 21.5 Å². The number of fused-ring (bicyclic) bond motifs is 1. The molecule has 10 heteroatoms. The number of aromatic amines is 1. The van der Waals surface area contributed by atoms with Gasteiger partial charge in [0.15, 0.2) is 16.1 Å². The van der Waals surface area contributed by atoms with E-state index in [1.807, 2.05) is 24.4 Å². The molecule has 0 saturated carbocycles. The molecule has 1 fully saturated rings. The van der Waals surface area contributed by atoms with E-state index in [4.69, 9.17) is 16.3 Å². The average molecular weight is 443 g/mol. The summed E-state index contributed by atoms with van der Waals surface area (Å²) in [5.41, 5.74) is 2.41. The van der Waals surface area contributed by atoms with Gasteiger partial charge < -0.3 is 9.72 Å². The monoisotopic (exact) mass is 442 g/mol. The van der Waals surface area contributed by atoms with Crippen LogP contribution in [0, 0.1) is 11.3 Å². The largest absolute Gasteiger partial charge is 0.376 e. The first kappa shape index (κ1) is 18.6. The molecule has 0 bridgehead atoms. The number of para-hydroxylation sites is 1. The Morgan fingerprint density at radius 3 is 3.10 bits per heavy atom. The highest BCUT2D eigenvalue weighted by Gasteiger charge is 2.25. The van der Waals surface area contributed by atoms with Crippen LogP contribution in [-0.2, 0) is 11.3 Å². The molecule has 1 unspecified atom stereocenters. The van der Waals surface area contributed by atoms with Gasteiger partial charge in [0.25, 0.3) is 0 Å².